The van der Waals surface area contributed by atoms with E-state index in [0.29, 0.717) is 17.8 Å². The highest BCUT2D eigenvalue weighted by molar-refractivity contribution is 6.09. The molecule has 3 aromatic heterocycles. The van der Waals surface area contributed by atoms with Crippen molar-refractivity contribution in [2.75, 3.05) is 4.90 Å². The summed E-state index contributed by atoms with van der Waals surface area (Å²) in [7, 11) is 0. The number of hydrogen-bond acceptors (Lipinski definition) is 5. The van der Waals surface area contributed by atoms with Gasteiger partial charge in [-0.2, -0.15) is 0 Å². The van der Waals surface area contributed by atoms with Gasteiger partial charge in [0.25, 0.3) is 5.91 Å². The summed E-state index contributed by atoms with van der Waals surface area (Å²) < 4.78 is 0. The third-order valence-electron chi connectivity index (χ3n) is 4.84. The zero-order chi connectivity index (χ0) is 22.2. The van der Waals surface area contributed by atoms with E-state index in [-0.39, 0.29) is 11.6 Å². The summed E-state index contributed by atoms with van der Waals surface area (Å²) in [6.45, 7) is 0.328. The van der Waals surface area contributed by atoms with E-state index < -0.39 is 11.9 Å². The van der Waals surface area contributed by atoms with Crippen LogP contribution in [0.4, 0.5) is 5.69 Å². The number of nitrogens with zero attached hydrogens (tertiary/aromatic N) is 4. The van der Waals surface area contributed by atoms with E-state index in [1.165, 1.54) is 4.90 Å². The monoisotopic (exact) mass is 423 g/mol. The van der Waals surface area contributed by atoms with Crippen molar-refractivity contribution in [1.82, 2.24) is 20.3 Å². The predicted molar refractivity (Wildman–Crippen MR) is 121 cm³/mol. The van der Waals surface area contributed by atoms with Gasteiger partial charge in [-0.25, -0.2) is 0 Å². The lowest BCUT2D eigenvalue weighted by Crippen LogP contribution is -2.44. The van der Waals surface area contributed by atoms with Crippen LogP contribution in [0, 0.1) is 0 Å². The predicted octanol–water partition coefficient (Wildman–Crippen LogP) is 3.58. The van der Waals surface area contributed by atoms with Crippen LogP contribution in [-0.2, 0) is 11.3 Å². The van der Waals surface area contributed by atoms with Gasteiger partial charge in [-0.15, -0.1) is 0 Å². The van der Waals surface area contributed by atoms with Crippen molar-refractivity contribution < 1.29 is 9.59 Å². The first-order valence-corrected chi connectivity index (χ1v) is 10.1. The summed E-state index contributed by atoms with van der Waals surface area (Å²) in [5, 5.41) is 2.95. The van der Waals surface area contributed by atoms with Crippen molar-refractivity contribution in [3.05, 3.63) is 121 Å². The van der Waals surface area contributed by atoms with Crippen LogP contribution in [0.25, 0.3) is 0 Å². The van der Waals surface area contributed by atoms with Crippen molar-refractivity contribution in [2.24, 2.45) is 0 Å². The van der Waals surface area contributed by atoms with Crippen LogP contribution in [0.3, 0.4) is 0 Å². The Balaban J connectivity index is 1.74. The fourth-order valence-corrected chi connectivity index (χ4v) is 3.33. The van der Waals surface area contributed by atoms with Gasteiger partial charge in [0.05, 0.1) is 11.9 Å². The van der Waals surface area contributed by atoms with Crippen LogP contribution in [0.1, 0.15) is 27.7 Å². The normalized spacial score (nSPS) is 11.4. The molecule has 0 saturated carbocycles. The molecule has 1 aromatic carbocycles. The van der Waals surface area contributed by atoms with Crippen LogP contribution < -0.4 is 10.2 Å². The number of hydrogen-bond donors (Lipinski definition) is 1. The first-order chi connectivity index (χ1) is 15.7. The Hall–Kier alpha value is -4.39. The van der Waals surface area contributed by atoms with Gasteiger partial charge in [-0.05, 0) is 35.9 Å². The summed E-state index contributed by atoms with van der Waals surface area (Å²) in [6.07, 6.45) is 7.92. The Bertz CT molecular complexity index is 1160. The van der Waals surface area contributed by atoms with E-state index in [2.05, 4.69) is 20.3 Å². The second kappa shape index (κ2) is 10.1. The zero-order valence-corrected chi connectivity index (χ0v) is 17.2. The second-order valence-corrected chi connectivity index (χ2v) is 6.99. The third kappa shape index (κ3) is 4.84. The summed E-state index contributed by atoms with van der Waals surface area (Å²) in [5.74, 6) is -0.752. The lowest BCUT2D eigenvalue weighted by molar-refractivity contribution is -0.122. The van der Waals surface area contributed by atoms with E-state index in [4.69, 9.17) is 0 Å². The smallest absolute Gasteiger partial charge is 0.277 e. The number of pyridine rings is 3. The van der Waals surface area contributed by atoms with Gasteiger partial charge in [0.15, 0.2) is 0 Å². The Kier molecular flexibility index (Phi) is 6.57. The van der Waals surface area contributed by atoms with Crippen LogP contribution in [0.2, 0.25) is 0 Å². The van der Waals surface area contributed by atoms with Crippen molar-refractivity contribution in [3.8, 4) is 0 Å². The largest absolute Gasteiger partial charge is 0.350 e. The molecule has 0 aliphatic rings. The maximum Gasteiger partial charge on any atom is 0.277 e. The number of anilines is 1. The fraction of sp³-hybridized carbons (Fsp3) is 0.0800. The molecular formula is C25H21N5O2. The minimum absolute atomic E-state index is 0.223. The quantitative estimate of drug-likeness (QED) is 0.491. The van der Waals surface area contributed by atoms with Crippen molar-refractivity contribution in [1.29, 1.82) is 0 Å². The van der Waals surface area contributed by atoms with Crippen molar-refractivity contribution in [3.63, 3.8) is 0 Å². The zero-order valence-electron chi connectivity index (χ0n) is 17.2. The average Bonchev–Trinajstić information content (AvgIpc) is 2.87. The standard InChI is InChI=1S/C25H21N5O2/c31-24(29-16-19-8-2-1-3-9-19)23(20-10-6-13-26-17-20)30(21-11-7-14-27-18-21)25(32)22-12-4-5-15-28-22/h1-15,17-18,23H,16H2,(H,29,31)/t23-/m1/s1. The number of aromatic nitrogens is 3. The topological polar surface area (TPSA) is 88.1 Å². The van der Waals surface area contributed by atoms with Crippen LogP contribution >= 0.6 is 0 Å². The van der Waals surface area contributed by atoms with Gasteiger partial charge in [0.1, 0.15) is 11.7 Å². The molecule has 0 aliphatic heterocycles. The average molecular weight is 423 g/mol. The van der Waals surface area contributed by atoms with E-state index >= 15 is 0 Å². The summed E-state index contributed by atoms with van der Waals surface area (Å²) in [4.78, 5) is 41.0. The summed E-state index contributed by atoms with van der Waals surface area (Å²) in [5.41, 5.74) is 2.23. The number of nitrogens with one attached hydrogen (secondary N) is 1. The highest BCUT2D eigenvalue weighted by Crippen LogP contribution is 2.28. The molecule has 1 atom stereocenters. The number of carbonyl (C=O) groups is 2. The molecule has 0 fully saturated rings. The van der Waals surface area contributed by atoms with Crippen molar-refractivity contribution in [2.45, 2.75) is 12.6 Å². The number of carbonyl (C=O) groups excluding carboxylic acids is 2. The van der Waals surface area contributed by atoms with E-state index in [1.807, 2.05) is 30.3 Å². The first kappa shape index (κ1) is 20.9. The number of benzene rings is 1. The molecule has 0 unspecified atom stereocenters. The molecule has 3 heterocycles. The van der Waals surface area contributed by atoms with Gasteiger partial charge in [0, 0.05) is 36.9 Å². The summed E-state index contributed by atoms with van der Waals surface area (Å²) in [6, 6.07) is 20.7. The Morgan fingerprint density at radius 3 is 2.22 bits per heavy atom. The van der Waals surface area contributed by atoms with Gasteiger partial charge >= 0.3 is 0 Å². The molecule has 4 aromatic rings. The molecule has 0 bridgehead atoms. The maximum absolute atomic E-state index is 13.6. The highest BCUT2D eigenvalue weighted by Gasteiger charge is 2.34. The molecule has 0 aliphatic carbocycles. The van der Waals surface area contributed by atoms with E-state index in [0.717, 1.165) is 5.56 Å². The van der Waals surface area contributed by atoms with E-state index in [1.54, 1.807) is 73.4 Å². The fourth-order valence-electron chi connectivity index (χ4n) is 3.33. The minimum Gasteiger partial charge on any atom is -0.350 e. The van der Waals surface area contributed by atoms with Gasteiger partial charge < -0.3 is 5.32 Å². The third-order valence-corrected chi connectivity index (χ3v) is 4.84. The number of amides is 2. The Morgan fingerprint density at radius 1 is 0.812 bits per heavy atom. The Labute approximate surface area is 185 Å². The molecule has 0 saturated heterocycles. The molecule has 158 valence electrons. The summed E-state index contributed by atoms with van der Waals surface area (Å²) >= 11 is 0. The lowest BCUT2D eigenvalue weighted by Gasteiger charge is -2.30. The van der Waals surface area contributed by atoms with Crippen molar-refractivity contribution >= 4 is 17.5 Å². The maximum atomic E-state index is 13.6. The molecule has 32 heavy (non-hydrogen) atoms. The molecule has 0 spiro atoms. The second-order valence-electron chi connectivity index (χ2n) is 6.99. The van der Waals surface area contributed by atoms with Gasteiger partial charge in [-0.1, -0.05) is 42.5 Å². The van der Waals surface area contributed by atoms with Crippen LogP contribution in [0.15, 0.2) is 104 Å². The molecule has 4 rings (SSSR count). The van der Waals surface area contributed by atoms with Crippen LogP contribution in [0.5, 0.6) is 0 Å². The molecule has 0 radical (unpaired) electrons. The molecule has 7 nitrogen and oxygen atoms in total. The molecule has 2 amide bonds. The molecule has 1 N–H and O–H groups in total. The van der Waals surface area contributed by atoms with E-state index in [9.17, 15) is 9.59 Å². The molecule has 7 heteroatoms. The Morgan fingerprint density at radius 2 is 1.56 bits per heavy atom. The van der Waals surface area contributed by atoms with Gasteiger partial charge in [-0.3, -0.25) is 29.4 Å². The number of rotatable bonds is 7. The van der Waals surface area contributed by atoms with Crippen LogP contribution in [-0.4, -0.2) is 26.8 Å². The lowest BCUT2D eigenvalue weighted by atomic mass is 10.0. The first-order valence-electron chi connectivity index (χ1n) is 10.1. The minimum atomic E-state index is -0.967. The van der Waals surface area contributed by atoms with Gasteiger partial charge in [0.2, 0.25) is 5.91 Å². The molecular weight excluding hydrogens is 402 g/mol. The SMILES string of the molecule is O=C(NCc1ccccc1)[C@@H](c1cccnc1)N(C(=O)c1ccccn1)c1cccnc1. The highest BCUT2D eigenvalue weighted by atomic mass is 16.2.